The smallest absolute Gasteiger partial charge is 0.338 e. The maximum absolute atomic E-state index is 14.4. The van der Waals surface area contributed by atoms with Crippen molar-refractivity contribution in [1.82, 2.24) is 0 Å². The second kappa shape index (κ2) is 26.5. The Hall–Kier alpha value is -4.32. The van der Waals surface area contributed by atoms with Crippen LogP contribution in [0.3, 0.4) is 0 Å². The molecule has 9 rings (SSSR count). The fourth-order valence-electron chi connectivity index (χ4n) is 17.7. The van der Waals surface area contributed by atoms with Crippen LogP contribution in [0.4, 0.5) is 0 Å². The summed E-state index contributed by atoms with van der Waals surface area (Å²) >= 11 is 0. The Kier molecular flexibility index (Phi) is 20.6. The highest BCUT2D eigenvalue weighted by atomic mass is 16.8. The first-order valence-corrected chi connectivity index (χ1v) is 31.6. The van der Waals surface area contributed by atoms with Crippen molar-refractivity contribution < 1.29 is 118 Å². The number of aliphatic carboxylic acids is 1. The zero-order valence-corrected chi connectivity index (χ0v) is 53.3. The number of rotatable bonds is 18. The molecule has 7 fully saturated rings. The van der Waals surface area contributed by atoms with Crippen LogP contribution in [0.5, 0.6) is 0 Å². The van der Waals surface area contributed by atoms with Gasteiger partial charge in [-0.15, -0.1) is 0 Å². The highest BCUT2D eigenvalue weighted by Crippen LogP contribution is 2.76. The minimum Gasteiger partial charge on any atom is -0.479 e. The van der Waals surface area contributed by atoms with E-state index in [9.17, 15) is 75.3 Å². The quantitative estimate of drug-likeness (QED) is 0.0331. The molecule has 3 saturated heterocycles. The number of aliphatic hydroxyl groups is 10. The molecule has 0 bridgehead atoms. The number of esters is 3. The lowest BCUT2D eigenvalue weighted by molar-refractivity contribution is -0.383. The van der Waals surface area contributed by atoms with E-state index in [1.54, 1.807) is 30.3 Å². The Bertz CT molecular complexity index is 2850. The van der Waals surface area contributed by atoms with Gasteiger partial charge in [-0.25, -0.2) is 14.4 Å². The summed E-state index contributed by atoms with van der Waals surface area (Å²) in [5.74, 6) is -5.18. The van der Waals surface area contributed by atoms with E-state index in [0.717, 1.165) is 23.6 Å². The molecule has 3 heterocycles. The summed E-state index contributed by atoms with van der Waals surface area (Å²) in [5.41, 5.74) is -3.12. The van der Waals surface area contributed by atoms with Crippen molar-refractivity contribution in [1.29, 1.82) is 0 Å². The molecule has 0 spiro atoms. The molecule has 1 aromatic carbocycles. The van der Waals surface area contributed by atoms with Crippen molar-refractivity contribution in [2.75, 3.05) is 19.8 Å². The van der Waals surface area contributed by atoms with Gasteiger partial charge in [0.1, 0.15) is 54.9 Å². The van der Waals surface area contributed by atoms with Crippen LogP contribution in [0.1, 0.15) is 138 Å². The lowest BCUT2D eigenvalue weighted by atomic mass is 9.32. The van der Waals surface area contributed by atoms with Crippen LogP contribution in [0.25, 0.3) is 0 Å². The molecule has 90 heavy (non-hydrogen) atoms. The number of carboxylic acid groups (broad SMARTS) is 1. The third kappa shape index (κ3) is 12.1. The zero-order valence-electron chi connectivity index (χ0n) is 53.3. The summed E-state index contributed by atoms with van der Waals surface area (Å²) in [6.07, 6.45) is -22.8. The van der Waals surface area contributed by atoms with Gasteiger partial charge in [0, 0.05) is 23.8 Å². The molecule has 3 aliphatic heterocycles. The summed E-state index contributed by atoms with van der Waals surface area (Å²) in [4.78, 5) is 54.9. The molecule has 1 aromatic rings. The molecule has 26 atom stereocenters. The second-order valence-electron chi connectivity index (χ2n) is 28.9. The van der Waals surface area contributed by atoms with Gasteiger partial charge >= 0.3 is 23.9 Å². The summed E-state index contributed by atoms with van der Waals surface area (Å²) < 4.78 is 55.6. The number of carbonyl (C=O) groups is 4. The first kappa shape index (κ1) is 70.0. The van der Waals surface area contributed by atoms with Crippen LogP contribution in [-0.2, 0) is 57.0 Å². The van der Waals surface area contributed by atoms with Crippen LogP contribution in [0.2, 0.25) is 0 Å². The Labute approximate surface area is 525 Å². The first-order chi connectivity index (χ1) is 42.2. The number of allylic oxidation sites excluding steroid dienone is 4. The van der Waals surface area contributed by atoms with Gasteiger partial charge in [0.25, 0.3) is 0 Å². The SMILES string of the molecule is CC(=O)O[C@@H]1[C@@H](O[C@@H]2O[C@H](CO)[C@@H](O)[C@H](O)[C@H]2O)[C@H](O[C@H]2CC[C@]3(C)[C@H]4CC=C5[C@@H]6CC(C)(C)[C@@H](OC(=O)/C=C(/C)CCC=C(C)C)[C@H](OC(=O)c7ccccc7)[C@]6(CO)[C@H](O)[C@H](O)[C@@]5(C)[C@]4(C)CC[C@H]3C2(C)C)O[C@H](C(=O)O)[C@H]1O[C@@H]1O[C@@H](CO)[C@H](O)[C@H]1O. The van der Waals surface area contributed by atoms with Crippen LogP contribution in [0, 0.1) is 50.2 Å². The fourth-order valence-corrected chi connectivity index (χ4v) is 17.7. The van der Waals surface area contributed by atoms with Crippen molar-refractivity contribution in [3.63, 3.8) is 0 Å². The van der Waals surface area contributed by atoms with Crippen LogP contribution < -0.4 is 0 Å². The number of hydrogen-bond donors (Lipinski definition) is 11. The predicted molar refractivity (Wildman–Crippen MR) is 316 cm³/mol. The third-order valence-electron chi connectivity index (χ3n) is 22.6. The van der Waals surface area contributed by atoms with Crippen molar-refractivity contribution >= 4 is 23.9 Å². The van der Waals surface area contributed by atoms with Gasteiger partial charge in [0.05, 0.1) is 49.1 Å². The molecule has 0 amide bonds. The number of hydrogen-bond acceptors (Lipinski definition) is 23. The molecule has 24 nitrogen and oxygen atoms in total. The number of ether oxygens (including phenoxy) is 9. The molecular formula is C66H96O24. The molecule has 8 aliphatic rings. The average Bonchev–Trinajstić information content (AvgIpc) is 0.711. The monoisotopic (exact) mass is 1270 g/mol. The highest BCUT2D eigenvalue weighted by molar-refractivity contribution is 5.89. The van der Waals surface area contributed by atoms with Crippen molar-refractivity contribution in [3.05, 3.63) is 70.8 Å². The number of benzene rings is 1. The maximum atomic E-state index is 14.4. The third-order valence-corrected chi connectivity index (χ3v) is 22.6. The Morgan fingerprint density at radius 1 is 0.656 bits per heavy atom. The Morgan fingerprint density at radius 2 is 1.27 bits per heavy atom. The molecule has 11 N–H and O–H groups in total. The van der Waals surface area contributed by atoms with Crippen molar-refractivity contribution in [2.24, 2.45) is 50.2 Å². The van der Waals surface area contributed by atoms with Crippen LogP contribution in [-0.4, -0.2) is 216 Å². The summed E-state index contributed by atoms with van der Waals surface area (Å²) in [5, 5.41) is 124. The summed E-state index contributed by atoms with van der Waals surface area (Å²) in [6.45, 7) is 18.7. The van der Waals surface area contributed by atoms with E-state index < -0.39 is 199 Å². The lowest BCUT2D eigenvalue weighted by Crippen LogP contribution is -2.76. The molecule has 0 unspecified atom stereocenters. The van der Waals surface area contributed by atoms with Gasteiger partial charge in [-0.1, -0.05) is 95.5 Å². The van der Waals surface area contributed by atoms with Gasteiger partial charge < -0.3 is 98.8 Å². The number of aliphatic hydroxyl groups excluding tert-OH is 10. The van der Waals surface area contributed by atoms with E-state index in [4.69, 9.17) is 42.6 Å². The standard InChI is InChI=1S/C66H96O24/c1-31(2)16-15-17-32(3)26-42(71)86-54-55(90-57(81)34-18-13-12-14-19-34)66(30-69)36(27-61(54,5)6)35-20-21-40-63(9)24-23-41(62(7,8)39(63)22-25-64(40,10)65(35,11)52(77)53(66)78)85-60-51(89-59-47(76)45(74)43(72)37(28-67)83-59)49(82-33(4)70)48(50(88-60)56(79)80)87-58-46(75)44(73)38(29-68)84-58/h12-14,16,18-20,26,36-41,43-55,58-60,67-69,72-78H,15,17,21-25,27-30H2,1-11H3,(H,79,80)/b32-26-/t36-,37+,38-,39-,40+,41-,43+,44-,45-,46+,47+,48-,49-,50-,51+,52-,53+,54-,55-,58-,59-,60+,63-,64+,65-,66-/m0/s1. The zero-order chi connectivity index (χ0) is 66.1. The molecule has 504 valence electrons. The van der Waals surface area contributed by atoms with E-state index in [0.29, 0.717) is 44.9 Å². The Morgan fingerprint density at radius 3 is 1.86 bits per heavy atom. The van der Waals surface area contributed by atoms with Gasteiger partial charge in [-0.3, -0.25) is 4.79 Å². The maximum Gasteiger partial charge on any atom is 0.338 e. The van der Waals surface area contributed by atoms with Crippen LogP contribution >= 0.6 is 0 Å². The summed E-state index contributed by atoms with van der Waals surface area (Å²) in [7, 11) is 0. The topological polar surface area (TPSA) is 374 Å². The molecule has 24 heteroatoms. The van der Waals surface area contributed by atoms with Crippen molar-refractivity contribution in [3.8, 4) is 0 Å². The second-order valence-corrected chi connectivity index (χ2v) is 28.9. The van der Waals surface area contributed by atoms with E-state index >= 15 is 0 Å². The van der Waals surface area contributed by atoms with Crippen molar-refractivity contribution in [2.45, 2.75) is 244 Å². The van der Waals surface area contributed by atoms with E-state index in [2.05, 4.69) is 26.0 Å². The lowest BCUT2D eigenvalue weighted by Gasteiger charge is -2.73. The van der Waals surface area contributed by atoms with Gasteiger partial charge in [-0.05, 0) is 118 Å². The first-order valence-electron chi connectivity index (χ1n) is 31.6. The molecule has 0 aromatic heterocycles. The molecule has 0 radical (unpaired) electrons. The highest BCUT2D eigenvalue weighted by Gasteiger charge is 2.76. The number of carbonyl (C=O) groups excluding carboxylic acids is 3. The van der Waals surface area contributed by atoms with E-state index in [1.807, 2.05) is 55.4 Å². The van der Waals surface area contributed by atoms with Gasteiger partial charge in [-0.2, -0.15) is 0 Å². The Balaban J connectivity index is 1.05. The van der Waals surface area contributed by atoms with Gasteiger partial charge in [0.2, 0.25) is 0 Å². The normalized spacial score (nSPS) is 44.5. The van der Waals surface area contributed by atoms with Crippen LogP contribution in [0.15, 0.2) is 65.3 Å². The minimum absolute atomic E-state index is 0.182. The molecular weight excluding hydrogens is 1180 g/mol. The van der Waals surface area contributed by atoms with Gasteiger partial charge in [0.15, 0.2) is 43.3 Å². The van der Waals surface area contributed by atoms with E-state index in [-0.39, 0.29) is 23.8 Å². The molecule has 5 aliphatic carbocycles. The minimum atomic E-state index is -2.09. The predicted octanol–water partition coefficient (Wildman–Crippen LogP) is 2.91. The number of carboxylic acids is 1. The summed E-state index contributed by atoms with van der Waals surface area (Å²) in [6, 6.07) is 8.27. The molecule has 4 saturated carbocycles. The fraction of sp³-hybridized carbons (Fsp3) is 0.758. The van der Waals surface area contributed by atoms with E-state index in [1.165, 1.54) is 6.08 Å². The number of fused-ring (bicyclic) bond motifs is 7. The average molecular weight is 1270 g/mol. The largest absolute Gasteiger partial charge is 0.479 e.